The van der Waals surface area contributed by atoms with Crippen molar-refractivity contribution in [1.29, 1.82) is 0 Å². The fourth-order valence-corrected chi connectivity index (χ4v) is 0.987. The first-order valence-corrected chi connectivity index (χ1v) is 5.05. The zero-order valence-electron chi connectivity index (χ0n) is 8.05. The molecule has 0 unspecified atom stereocenters. The molecule has 0 aromatic rings. The van der Waals surface area contributed by atoms with Gasteiger partial charge in [-0.3, -0.25) is 0 Å². The van der Waals surface area contributed by atoms with Crippen molar-refractivity contribution < 1.29 is 108 Å². The summed E-state index contributed by atoms with van der Waals surface area (Å²) in [6.07, 6.45) is -0.393. The summed E-state index contributed by atoms with van der Waals surface area (Å²) in [7, 11) is -3.64. The van der Waals surface area contributed by atoms with E-state index < -0.39 is 21.0 Å². The third-order valence-corrected chi connectivity index (χ3v) is 1.94. The van der Waals surface area contributed by atoms with Crippen molar-refractivity contribution in [2.24, 2.45) is 0 Å². The Morgan fingerprint density at radius 1 is 1.25 bits per heavy atom. The average Bonchev–Trinajstić information content (AvgIpc) is 1.59. The van der Waals surface area contributed by atoms with Crippen LogP contribution >= 0.6 is 0 Å². The van der Waals surface area contributed by atoms with E-state index in [9.17, 15) is 19.5 Å². The molecule has 0 fully saturated rings. The molecule has 12 heavy (non-hydrogen) atoms. The van der Waals surface area contributed by atoms with E-state index in [0.717, 1.165) is 6.55 Å². The van der Waals surface area contributed by atoms with Crippen molar-refractivity contribution in [3.63, 3.8) is 0 Å². The quantitative estimate of drug-likeness (QED) is 0.438. The van der Waals surface area contributed by atoms with Crippen LogP contribution in [0.2, 0.25) is 12.6 Å². The Kier molecular flexibility index (Phi) is 23.4. The Bertz CT molecular complexity index is 115. The van der Waals surface area contributed by atoms with Crippen LogP contribution in [0.4, 0.5) is 0 Å². The summed E-state index contributed by atoms with van der Waals surface area (Å²) in [5.41, 5.74) is 0. The van der Waals surface area contributed by atoms with Crippen molar-refractivity contribution in [2.75, 3.05) is 0 Å². The summed E-state index contributed by atoms with van der Waals surface area (Å²) in [5.74, 6) is -1.32. The number of carboxylic acids is 1. The molecule has 0 N–H and O–H groups in total. The van der Waals surface area contributed by atoms with Crippen LogP contribution in [0, 0.1) is 0 Å². The third-order valence-electron chi connectivity index (χ3n) is 0.783. The molecule has 0 saturated heterocycles. The zero-order chi connectivity index (χ0) is 7.49. The number of carbonyl (C=O) groups is 1. The first kappa shape index (κ1) is 24.0. The molecule has 0 aliphatic carbocycles. The van der Waals surface area contributed by atoms with E-state index in [1.165, 1.54) is 0 Å². The first-order valence-electron chi connectivity index (χ1n) is 2.52. The maximum atomic E-state index is 10.3. The summed E-state index contributed by atoms with van der Waals surface area (Å²) in [4.78, 5) is 30.3. The van der Waals surface area contributed by atoms with Gasteiger partial charge in [-0.2, -0.15) is 8.56 Å². The number of aliphatic carboxylic acids is 1. The van der Waals surface area contributed by atoms with Gasteiger partial charge < -0.3 is 19.5 Å². The van der Waals surface area contributed by atoms with Crippen molar-refractivity contribution >= 4 is 14.5 Å². The summed E-state index contributed by atoms with van der Waals surface area (Å²) in [5, 5.41) is 9.68. The minimum Gasteiger partial charge on any atom is -0.870 e. The summed E-state index contributed by atoms with van der Waals surface area (Å²) < 4.78 is 0. The van der Waals surface area contributed by atoms with E-state index in [0.29, 0.717) is 0 Å². The maximum absolute atomic E-state index is 10.3. The second-order valence-electron chi connectivity index (χ2n) is 2.01. The molecule has 0 rings (SSSR count). The van der Waals surface area contributed by atoms with Crippen LogP contribution in [-0.4, -0.2) is 14.5 Å². The van der Waals surface area contributed by atoms with Gasteiger partial charge in [-0.1, -0.05) is 12.6 Å². The van der Waals surface area contributed by atoms with E-state index in [1.807, 2.05) is 0 Å². The molecule has 0 aliphatic heterocycles. The van der Waals surface area contributed by atoms with Gasteiger partial charge in [0.05, 0.1) is 0 Å². The van der Waals surface area contributed by atoms with Gasteiger partial charge in [0, 0.05) is 5.97 Å². The Morgan fingerprint density at radius 3 is 1.67 bits per heavy atom. The Balaban J connectivity index is -0.000000107. The standard InChI is InChI=1S/C4H8O4Si.3Na/c1-9(7,8)3-2-4(5)6;;;/h2-3H2,1H3,(H,5,6);;;/q-2;3*+1/p-1. The van der Waals surface area contributed by atoms with Crippen molar-refractivity contribution in [1.82, 2.24) is 0 Å². The van der Waals surface area contributed by atoms with Gasteiger partial charge in [0.15, 0.2) is 0 Å². The van der Waals surface area contributed by atoms with Crippen molar-refractivity contribution in [3.05, 3.63) is 0 Å². The maximum Gasteiger partial charge on any atom is 1.00 e. The number of carbonyl (C=O) groups excluding carboxylic acids is 1. The van der Waals surface area contributed by atoms with Crippen molar-refractivity contribution in [3.8, 4) is 0 Å². The summed E-state index contributed by atoms with van der Waals surface area (Å²) >= 11 is 0. The van der Waals surface area contributed by atoms with E-state index in [2.05, 4.69) is 0 Å². The molecule has 54 valence electrons. The Labute approximate surface area is 139 Å². The van der Waals surface area contributed by atoms with Gasteiger partial charge in [-0.15, -0.1) is 0 Å². The monoisotopic (exact) mass is 216 g/mol. The minimum absolute atomic E-state index is 0. The number of rotatable bonds is 3. The van der Waals surface area contributed by atoms with Gasteiger partial charge >= 0.3 is 88.7 Å². The predicted octanol–water partition coefficient (Wildman–Crippen LogP) is -12.1. The van der Waals surface area contributed by atoms with E-state index in [-0.39, 0.29) is 94.7 Å². The number of carboxylic acid groups (broad SMARTS) is 1. The Morgan fingerprint density at radius 2 is 1.58 bits per heavy atom. The SMILES string of the molecule is C[Si]([O-])([O-])CCC(=O)[O-].[Na+].[Na+].[Na+]. The summed E-state index contributed by atoms with van der Waals surface area (Å²) in [6.45, 7) is 1.04. The van der Waals surface area contributed by atoms with Crippen LogP contribution in [0.5, 0.6) is 0 Å². The molecular formula is C4H7Na3O4Si. The van der Waals surface area contributed by atoms with E-state index >= 15 is 0 Å². The molecule has 0 amide bonds. The molecule has 0 bridgehead atoms. The van der Waals surface area contributed by atoms with Gasteiger partial charge in [-0.05, 0) is 6.42 Å². The third kappa shape index (κ3) is 22.9. The largest absolute Gasteiger partial charge is 1.00 e. The summed E-state index contributed by atoms with van der Waals surface area (Å²) in [6, 6.07) is -0.282. The molecule has 0 aliphatic rings. The zero-order valence-corrected chi connectivity index (χ0v) is 15.0. The molecule has 0 atom stereocenters. The van der Waals surface area contributed by atoms with Crippen LogP contribution in [0.1, 0.15) is 6.42 Å². The molecule has 4 nitrogen and oxygen atoms in total. The van der Waals surface area contributed by atoms with Crippen LogP contribution in [-0.2, 0) is 4.79 Å². The average molecular weight is 216 g/mol. The van der Waals surface area contributed by atoms with Crippen LogP contribution < -0.4 is 103 Å². The minimum atomic E-state index is -3.64. The fourth-order valence-electron chi connectivity index (χ4n) is 0.329. The predicted molar refractivity (Wildman–Crippen MR) is 26.0 cm³/mol. The second-order valence-corrected chi connectivity index (χ2v) is 4.77. The molecule has 0 aromatic heterocycles. The second kappa shape index (κ2) is 11.7. The smallest absolute Gasteiger partial charge is 0.870 e. The molecule has 0 aromatic carbocycles. The van der Waals surface area contributed by atoms with Crippen LogP contribution in [0.25, 0.3) is 0 Å². The molecule has 0 spiro atoms. The molecule has 0 radical (unpaired) electrons. The number of hydrogen-bond donors (Lipinski definition) is 0. The normalized spacial score (nSPS) is 8.58. The van der Waals surface area contributed by atoms with Crippen LogP contribution in [0.3, 0.4) is 0 Å². The topological polar surface area (TPSA) is 86.2 Å². The molecule has 8 heteroatoms. The van der Waals surface area contributed by atoms with E-state index in [4.69, 9.17) is 0 Å². The Hall–Kier alpha value is 2.61. The first-order chi connectivity index (χ1) is 3.92. The molecular weight excluding hydrogens is 209 g/mol. The van der Waals surface area contributed by atoms with Crippen LogP contribution in [0.15, 0.2) is 0 Å². The molecule has 0 saturated carbocycles. The van der Waals surface area contributed by atoms with Gasteiger partial charge in [0.2, 0.25) is 0 Å². The van der Waals surface area contributed by atoms with Gasteiger partial charge in [0.1, 0.15) is 0 Å². The van der Waals surface area contributed by atoms with Gasteiger partial charge in [0.25, 0.3) is 0 Å². The fraction of sp³-hybridized carbons (Fsp3) is 0.750. The molecule has 0 heterocycles. The van der Waals surface area contributed by atoms with E-state index in [1.54, 1.807) is 0 Å². The van der Waals surface area contributed by atoms with Gasteiger partial charge in [-0.25, -0.2) is 0 Å². The van der Waals surface area contributed by atoms with Crippen molar-refractivity contribution in [2.45, 2.75) is 19.0 Å². The number of hydrogen-bond acceptors (Lipinski definition) is 4.